The monoisotopic (exact) mass is 456 g/mol. The number of hydrogen-bond donors (Lipinski definition) is 0. The predicted octanol–water partition coefficient (Wildman–Crippen LogP) is 3.99. The summed E-state index contributed by atoms with van der Waals surface area (Å²) in [4.78, 5) is 20.1. The molecule has 0 spiro atoms. The molecular weight excluding hydrogens is 432 g/mol. The van der Waals surface area contributed by atoms with E-state index in [1.165, 1.54) is 20.4 Å². The van der Waals surface area contributed by atoms with E-state index in [1.54, 1.807) is 14.2 Å². The molecule has 0 aliphatic rings. The van der Waals surface area contributed by atoms with Crippen molar-refractivity contribution in [3.05, 3.63) is 76.6 Å². The van der Waals surface area contributed by atoms with Gasteiger partial charge in [0.05, 0.1) is 33.2 Å². The van der Waals surface area contributed by atoms with Crippen molar-refractivity contribution in [2.24, 2.45) is 0 Å². The lowest BCUT2D eigenvalue weighted by molar-refractivity contribution is -0.0756. The molecule has 0 fully saturated rings. The van der Waals surface area contributed by atoms with Crippen molar-refractivity contribution < 1.29 is 19.1 Å². The van der Waals surface area contributed by atoms with E-state index in [9.17, 15) is 4.79 Å². The predicted molar refractivity (Wildman–Crippen MR) is 122 cm³/mol. The summed E-state index contributed by atoms with van der Waals surface area (Å²) in [7, 11) is 6.17. The summed E-state index contributed by atoms with van der Waals surface area (Å²) in [6.45, 7) is 0.990. The van der Waals surface area contributed by atoms with E-state index in [0.29, 0.717) is 18.8 Å². The van der Waals surface area contributed by atoms with Gasteiger partial charge in [-0.25, -0.2) is 5.06 Å². The fourth-order valence-corrected chi connectivity index (χ4v) is 3.38. The third-order valence-electron chi connectivity index (χ3n) is 4.97. The minimum absolute atomic E-state index is 0.00543. The van der Waals surface area contributed by atoms with Crippen LogP contribution in [0.5, 0.6) is 11.5 Å². The normalized spacial score (nSPS) is 10.5. The van der Waals surface area contributed by atoms with Gasteiger partial charge in [-0.15, -0.1) is 5.10 Å². The lowest BCUT2D eigenvalue weighted by Gasteiger charge is -2.28. The average Bonchev–Trinajstić information content (AvgIpc) is 2.83. The first-order valence-corrected chi connectivity index (χ1v) is 10.2. The maximum absolute atomic E-state index is 13.0. The molecule has 0 bridgehead atoms. The number of hydrogen-bond acceptors (Lipinski definition) is 7. The van der Waals surface area contributed by atoms with Crippen LogP contribution in [-0.2, 0) is 17.9 Å². The zero-order chi connectivity index (χ0) is 23.1. The maximum atomic E-state index is 13.0. The fraction of sp³-hybridized carbons (Fsp3) is 0.261. The van der Waals surface area contributed by atoms with Crippen LogP contribution in [-0.4, -0.2) is 49.5 Å². The smallest absolute Gasteiger partial charge is 0.282 e. The van der Waals surface area contributed by atoms with Crippen molar-refractivity contribution >= 4 is 23.2 Å². The summed E-state index contributed by atoms with van der Waals surface area (Å²) in [6.07, 6.45) is 1.54. The molecule has 0 radical (unpaired) electrons. The zero-order valence-corrected chi connectivity index (χ0v) is 19.2. The highest BCUT2D eigenvalue weighted by Crippen LogP contribution is 2.29. The Bertz CT molecular complexity index is 995. The number of ether oxygens (including phenoxy) is 2. The highest BCUT2D eigenvalue weighted by Gasteiger charge is 2.25. The van der Waals surface area contributed by atoms with Crippen molar-refractivity contribution in [2.75, 3.05) is 33.3 Å². The minimum Gasteiger partial charge on any atom is -0.497 e. The number of benzene rings is 2. The van der Waals surface area contributed by atoms with Crippen LogP contribution in [0.25, 0.3) is 0 Å². The van der Waals surface area contributed by atoms with Crippen molar-refractivity contribution in [1.82, 2.24) is 15.3 Å². The highest BCUT2D eigenvalue weighted by molar-refractivity contribution is 6.33. The molecule has 0 aliphatic heterocycles. The third-order valence-corrected chi connectivity index (χ3v) is 5.23. The quantitative estimate of drug-likeness (QED) is 0.450. The van der Waals surface area contributed by atoms with Crippen LogP contribution >= 0.6 is 11.6 Å². The van der Waals surface area contributed by atoms with Gasteiger partial charge in [0.25, 0.3) is 5.91 Å². The van der Waals surface area contributed by atoms with Crippen LogP contribution in [0, 0.1) is 0 Å². The van der Waals surface area contributed by atoms with Crippen molar-refractivity contribution in [3.8, 4) is 11.5 Å². The molecule has 0 unspecified atom stereocenters. The molecule has 168 valence electrons. The molecule has 9 heteroatoms. The second kappa shape index (κ2) is 10.8. The molecule has 1 heterocycles. The largest absolute Gasteiger partial charge is 0.497 e. The SMILES string of the molecule is COc1ccc(CN(Cc2ccc(OC)cc2)c2cnnc(Cl)c2C(=O)N(C)OC)cc1. The van der Waals surface area contributed by atoms with Crippen LogP contribution in [0.4, 0.5) is 5.69 Å². The van der Waals surface area contributed by atoms with Gasteiger partial charge in [0.1, 0.15) is 17.1 Å². The van der Waals surface area contributed by atoms with Crippen LogP contribution in [0.3, 0.4) is 0 Å². The van der Waals surface area contributed by atoms with E-state index in [2.05, 4.69) is 10.2 Å². The summed E-state index contributed by atoms with van der Waals surface area (Å²) in [5.41, 5.74) is 2.80. The Balaban J connectivity index is 2.02. The van der Waals surface area contributed by atoms with E-state index >= 15 is 0 Å². The second-order valence-corrected chi connectivity index (χ2v) is 7.29. The third kappa shape index (κ3) is 5.46. The molecule has 2 aromatic carbocycles. The molecule has 0 N–H and O–H groups in total. The van der Waals surface area contributed by atoms with Crippen molar-refractivity contribution in [2.45, 2.75) is 13.1 Å². The summed E-state index contributed by atoms with van der Waals surface area (Å²) in [6, 6.07) is 15.5. The van der Waals surface area contributed by atoms with Gasteiger partial charge in [0.15, 0.2) is 5.15 Å². The Kier molecular flexibility index (Phi) is 7.86. The van der Waals surface area contributed by atoms with E-state index < -0.39 is 5.91 Å². The van der Waals surface area contributed by atoms with Gasteiger partial charge in [-0.2, -0.15) is 5.10 Å². The number of nitrogens with zero attached hydrogens (tertiary/aromatic N) is 4. The van der Waals surface area contributed by atoms with Gasteiger partial charge in [-0.1, -0.05) is 35.9 Å². The molecular formula is C23H25ClN4O4. The number of carbonyl (C=O) groups excluding carboxylic acids is 1. The summed E-state index contributed by atoms with van der Waals surface area (Å²) in [5.74, 6) is 1.11. The Hall–Kier alpha value is -3.36. The summed E-state index contributed by atoms with van der Waals surface area (Å²) < 4.78 is 10.5. The Morgan fingerprint density at radius 3 is 1.84 bits per heavy atom. The first-order valence-electron chi connectivity index (χ1n) is 9.81. The molecule has 0 aliphatic carbocycles. The zero-order valence-electron chi connectivity index (χ0n) is 18.4. The number of halogens is 1. The van der Waals surface area contributed by atoms with E-state index in [4.69, 9.17) is 25.9 Å². The fourth-order valence-electron chi connectivity index (χ4n) is 3.16. The summed E-state index contributed by atoms with van der Waals surface area (Å²) >= 11 is 6.32. The Morgan fingerprint density at radius 1 is 0.906 bits per heavy atom. The molecule has 32 heavy (non-hydrogen) atoms. The van der Waals surface area contributed by atoms with Gasteiger partial charge in [-0.05, 0) is 35.4 Å². The van der Waals surface area contributed by atoms with Gasteiger partial charge in [-0.3, -0.25) is 9.63 Å². The van der Waals surface area contributed by atoms with Crippen molar-refractivity contribution in [3.63, 3.8) is 0 Å². The second-order valence-electron chi connectivity index (χ2n) is 6.93. The van der Waals surface area contributed by atoms with Gasteiger partial charge >= 0.3 is 0 Å². The standard InChI is InChI=1S/C23H25ClN4O4/c1-27(32-4)23(29)21-20(13-25-26-22(21)24)28(14-16-5-9-18(30-2)10-6-16)15-17-7-11-19(31-3)12-8-17/h5-13H,14-15H2,1-4H3. The number of hydroxylamine groups is 2. The first kappa shape index (κ1) is 23.3. The average molecular weight is 457 g/mol. The molecule has 1 aromatic heterocycles. The Labute approximate surface area is 192 Å². The number of carbonyl (C=O) groups is 1. The molecule has 3 rings (SSSR count). The topological polar surface area (TPSA) is 77.0 Å². The molecule has 0 atom stereocenters. The van der Waals surface area contributed by atoms with E-state index in [0.717, 1.165) is 27.7 Å². The number of methoxy groups -OCH3 is 2. The molecule has 1 amide bonds. The highest BCUT2D eigenvalue weighted by atomic mass is 35.5. The number of aromatic nitrogens is 2. The maximum Gasteiger partial charge on any atom is 0.282 e. The lowest BCUT2D eigenvalue weighted by atomic mass is 10.1. The van der Waals surface area contributed by atoms with Gasteiger partial charge in [0, 0.05) is 20.1 Å². The van der Waals surface area contributed by atoms with E-state index in [-0.39, 0.29) is 10.7 Å². The first-order chi connectivity index (χ1) is 15.5. The Morgan fingerprint density at radius 2 is 1.41 bits per heavy atom. The number of rotatable bonds is 9. The summed E-state index contributed by atoms with van der Waals surface area (Å²) in [5, 5.41) is 8.98. The molecule has 0 saturated carbocycles. The lowest BCUT2D eigenvalue weighted by Crippen LogP contribution is -2.30. The number of amides is 1. The van der Waals surface area contributed by atoms with Gasteiger partial charge < -0.3 is 14.4 Å². The molecule has 8 nitrogen and oxygen atoms in total. The minimum atomic E-state index is -0.420. The van der Waals surface area contributed by atoms with Crippen LogP contribution in [0.1, 0.15) is 21.5 Å². The van der Waals surface area contributed by atoms with Crippen LogP contribution in [0.15, 0.2) is 54.7 Å². The molecule has 0 saturated heterocycles. The van der Waals surface area contributed by atoms with Gasteiger partial charge in [0.2, 0.25) is 0 Å². The number of anilines is 1. The van der Waals surface area contributed by atoms with Crippen LogP contribution in [0.2, 0.25) is 5.15 Å². The van der Waals surface area contributed by atoms with Crippen molar-refractivity contribution in [1.29, 1.82) is 0 Å². The van der Waals surface area contributed by atoms with Crippen LogP contribution < -0.4 is 14.4 Å². The van der Waals surface area contributed by atoms with E-state index in [1.807, 2.05) is 53.4 Å². The molecule has 3 aromatic rings.